The lowest BCUT2D eigenvalue weighted by molar-refractivity contribution is -0.136. The molecule has 0 spiro atoms. The van der Waals surface area contributed by atoms with Crippen LogP contribution in [0.5, 0.6) is 0 Å². The van der Waals surface area contributed by atoms with Gasteiger partial charge in [-0.2, -0.15) is 28.8 Å². The highest BCUT2D eigenvalue weighted by molar-refractivity contribution is 7.91. The lowest BCUT2D eigenvalue weighted by Gasteiger charge is -2.22. The van der Waals surface area contributed by atoms with Crippen molar-refractivity contribution < 1.29 is 21.6 Å². The van der Waals surface area contributed by atoms with Crippen molar-refractivity contribution in [3.05, 3.63) is 38.9 Å². The SMILES string of the molecule is O=S(=O)(c1ccc(Cl)s1)N(Cc1ccsc1)CC(F)(F)F. The van der Waals surface area contributed by atoms with Crippen LogP contribution in [0, 0.1) is 0 Å². The molecule has 0 saturated carbocycles. The molecule has 0 N–H and O–H groups in total. The first-order valence-corrected chi connectivity index (χ1v) is 9.09. The van der Waals surface area contributed by atoms with E-state index in [0.717, 1.165) is 11.3 Å². The molecule has 0 aliphatic heterocycles. The molecule has 0 aliphatic carbocycles. The van der Waals surface area contributed by atoms with Crippen LogP contribution in [-0.4, -0.2) is 25.4 Å². The molecule has 0 amide bonds. The zero-order valence-corrected chi connectivity index (χ0v) is 13.5. The third kappa shape index (κ3) is 4.43. The van der Waals surface area contributed by atoms with Crippen LogP contribution in [0.3, 0.4) is 0 Å². The lowest BCUT2D eigenvalue weighted by Crippen LogP contribution is -2.38. The van der Waals surface area contributed by atoms with Gasteiger partial charge in [0.05, 0.1) is 4.34 Å². The standard InChI is InChI=1S/C11H9ClF3NO2S3/c12-9-1-2-10(20-9)21(17,18)16(7-11(13,14)15)5-8-3-4-19-6-8/h1-4,6H,5,7H2. The van der Waals surface area contributed by atoms with Crippen molar-refractivity contribution in [2.24, 2.45) is 0 Å². The molecule has 21 heavy (non-hydrogen) atoms. The Labute approximate surface area is 132 Å². The highest BCUT2D eigenvalue weighted by Crippen LogP contribution is 2.31. The van der Waals surface area contributed by atoms with Gasteiger partial charge in [0.1, 0.15) is 10.8 Å². The highest BCUT2D eigenvalue weighted by Gasteiger charge is 2.37. The summed E-state index contributed by atoms with van der Waals surface area (Å²) in [5, 5.41) is 3.29. The molecule has 2 rings (SSSR count). The largest absolute Gasteiger partial charge is 0.402 e. The van der Waals surface area contributed by atoms with E-state index < -0.39 is 22.7 Å². The third-order valence-electron chi connectivity index (χ3n) is 2.44. The van der Waals surface area contributed by atoms with Gasteiger partial charge in [-0.25, -0.2) is 8.42 Å². The van der Waals surface area contributed by atoms with Crippen molar-refractivity contribution in [2.75, 3.05) is 6.54 Å². The zero-order chi connectivity index (χ0) is 15.7. The van der Waals surface area contributed by atoms with Crippen LogP contribution >= 0.6 is 34.3 Å². The van der Waals surface area contributed by atoms with Gasteiger partial charge in [0, 0.05) is 6.54 Å². The Morgan fingerprint density at radius 1 is 1.24 bits per heavy atom. The van der Waals surface area contributed by atoms with Crippen LogP contribution < -0.4 is 0 Å². The maximum atomic E-state index is 12.7. The van der Waals surface area contributed by atoms with E-state index in [1.807, 2.05) is 0 Å². The molecular formula is C11H9ClF3NO2S3. The van der Waals surface area contributed by atoms with Crippen LogP contribution in [0.1, 0.15) is 5.56 Å². The quantitative estimate of drug-likeness (QED) is 0.784. The summed E-state index contributed by atoms with van der Waals surface area (Å²) in [4.78, 5) is 0. The fourth-order valence-electron chi connectivity index (χ4n) is 1.58. The Kier molecular flexibility index (Phi) is 4.99. The van der Waals surface area contributed by atoms with Crippen LogP contribution in [0.25, 0.3) is 0 Å². The minimum absolute atomic E-state index is 0.202. The van der Waals surface area contributed by atoms with Gasteiger partial charge in [0.25, 0.3) is 10.0 Å². The van der Waals surface area contributed by atoms with E-state index in [-0.39, 0.29) is 15.1 Å². The molecule has 0 aliphatic rings. The number of sulfonamides is 1. The van der Waals surface area contributed by atoms with E-state index in [4.69, 9.17) is 11.6 Å². The maximum Gasteiger partial charge on any atom is 0.402 e. The zero-order valence-electron chi connectivity index (χ0n) is 10.3. The van der Waals surface area contributed by atoms with Gasteiger partial charge in [0.2, 0.25) is 0 Å². The minimum Gasteiger partial charge on any atom is -0.206 e. The first-order valence-electron chi connectivity index (χ1n) is 5.52. The molecule has 0 unspecified atom stereocenters. The third-order valence-corrected chi connectivity index (χ3v) is 6.66. The number of alkyl halides is 3. The number of thiophene rings is 2. The maximum absolute atomic E-state index is 12.7. The van der Waals surface area contributed by atoms with Crippen molar-refractivity contribution in [1.82, 2.24) is 4.31 Å². The summed E-state index contributed by atoms with van der Waals surface area (Å²) in [5.74, 6) is 0. The van der Waals surface area contributed by atoms with Crippen LogP contribution in [0.15, 0.2) is 33.2 Å². The van der Waals surface area contributed by atoms with Crippen molar-refractivity contribution in [2.45, 2.75) is 16.9 Å². The van der Waals surface area contributed by atoms with Crippen molar-refractivity contribution >= 4 is 44.3 Å². The fraction of sp³-hybridized carbons (Fsp3) is 0.273. The van der Waals surface area contributed by atoms with Crippen molar-refractivity contribution in [3.63, 3.8) is 0 Å². The molecule has 0 atom stereocenters. The molecule has 2 aromatic heterocycles. The first kappa shape index (κ1) is 16.8. The summed E-state index contributed by atoms with van der Waals surface area (Å²) >= 11 is 7.68. The van der Waals surface area contributed by atoms with Crippen LogP contribution in [-0.2, 0) is 16.6 Å². The summed E-state index contributed by atoms with van der Waals surface area (Å²) in [6, 6.07) is 4.14. The van der Waals surface area contributed by atoms with Crippen LogP contribution in [0.2, 0.25) is 4.34 Å². The van der Waals surface area contributed by atoms with Crippen molar-refractivity contribution in [3.8, 4) is 0 Å². The van der Waals surface area contributed by atoms with Gasteiger partial charge in [-0.3, -0.25) is 0 Å². The highest BCUT2D eigenvalue weighted by atomic mass is 35.5. The van der Waals surface area contributed by atoms with Crippen molar-refractivity contribution in [1.29, 1.82) is 0 Å². The Morgan fingerprint density at radius 3 is 2.43 bits per heavy atom. The second-order valence-electron chi connectivity index (χ2n) is 4.08. The Bertz CT molecular complexity index is 695. The summed E-state index contributed by atoms with van der Waals surface area (Å²) in [7, 11) is -4.24. The van der Waals surface area contributed by atoms with Crippen LogP contribution in [0.4, 0.5) is 13.2 Å². The molecule has 0 saturated heterocycles. The van der Waals surface area contributed by atoms with E-state index in [1.54, 1.807) is 16.8 Å². The molecule has 3 nitrogen and oxygen atoms in total. The number of hydrogen-bond acceptors (Lipinski definition) is 4. The summed E-state index contributed by atoms with van der Waals surface area (Å²) in [6.45, 7) is -1.87. The second kappa shape index (κ2) is 6.25. The van der Waals surface area contributed by atoms with Gasteiger partial charge in [0.15, 0.2) is 0 Å². The summed E-state index contributed by atoms with van der Waals surface area (Å²) in [5.41, 5.74) is 0.510. The Balaban J connectivity index is 2.34. The average molecular weight is 376 g/mol. The predicted molar refractivity (Wildman–Crippen MR) is 77.3 cm³/mol. The topological polar surface area (TPSA) is 37.4 Å². The number of rotatable bonds is 5. The molecule has 10 heteroatoms. The first-order chi connectivity index (χ1) is 9.68. The monoisotopic (exact) mass is 375 g/mol. The molecular weight excluding hydrogens is 367 g/mol. The molecule has 0 fully saturated rings. The number of hydrogen-bond donors (Lipinski definition) is 0. The van der Waals surface area contributed by atoms with E-state index in [2.05, 4.69) is 0 Å². The van der Waals surface area contributed by atoms with Gasteiger partial charge in [-0.1, -0.05) is 11.6 Å². The molecule has 116 valence electrons. The van der Waals surface area contributed by atoms with Gasteiger partial charge in [-0.05, 0) is 34.5 Å². The van der Waals surface area contributed by atoms with E-state index in [0.29, 0.717) is 9.87 Å². The smallest absolute Gasteiger partial charge is 0.206 e. The van der Waals surface area contributed by atoms with E-state index in [9.17, 15) is 21.6 Å². The number of nitrogens with zero attached hydrogens (tertiary/aromatic N) is 1. The van der Waals surface area contributed by atoms with Gasteiger partial charge >= 0.3 is 6.18 Å². The molecule has 0 bridgehead atoms. The second-order valence-corrected chi connectivity index (χ2v) is 8.74. The molecule has 0 aromatic carbocycles. The fourth-order valence-corrected chi connectivity index (χ4v) is 5.29. The molecule has 0 radical (unpaired) electrons. The van der Waals surface area contributed by atoms with E-state index in [1.165, 1.54) is 23.5 Å². The summed E-state index contributed by atoms with van der Waals surface area (Å²) in [6.07, 6.45) is -4.62. The van der Waals surface area contributed by atoms with Gasteiger partial charge < -0.3 is 0 Å². The normalized spacial score (nSPS) is 13.0. The Hall–Kier alpha value is -0.610. The van der Waals surface area contributed by atoms with Gasteiger partial charge in [-0.15, -0.1) is 11.3 Å². The summed E-state index contributed by atoms with van der Waals surface area (Å²) < 4.78 is 63.1. The number of halogens is 4. The minimum atomic E-state index is -4.62. The molecule has 2 aromatic rings. The average Bonchev–Trinajstić information content (AvgIpc) is 2.98. The molecule has 2 heterocycles. The van der Waals surface area contributed by atoms with E-state index >= 15 is 0 Å². The Morgan fingerprint density at radius 2 is 1.95 bits per heavy atom. The lowest BCUT2D eigenvalue weighted by atomic mass is 10.3. The predicted octanol–water partition coefficient (Wildman–Crippen LogP) is 4.22.